The van der Waals surface area contributed by atoms with E-state index in [2.05, 4.69) is 10.6 Å². The van der Waals surface area contributed by atoms with Crippen LogP contribution >= 0.6 is 11.6 Å². The van der Waals surface area contributed by atoms with E-state index in [1.807, 2.05) is 0 Å². The molecule has 0 aliphatic rings. The van der Waals surface area contributed by atoms with Crippen molar-refractivity contribution in [3.8, 4) is 11.5 Å². The molecule has 8 heteroatoms. The summed E-state index contributed by atoms with van der Waals surface area (Å²) >= 11 is 6.00. The Morgan fingerprint density at radius 3 is 2.00 bits per heavy atom. The fraction of sp³-hybridized carbons (Fsp3) is 0.167. The third-order valence-corrected chi connectivity index (χ3v) is 3.77. The van der Waals surface area contributed by atoms with Gasteiger partial charge in [-0.05, 0) is 31.2 Å². The molecule has 0 unspecified atom stereocenters. The number of amides is 2. The van der Waals surface area contributed by atoms with E-state index in [1.165, 1.54) is 45.4 Å². The molecule has 0 aliphatic heterocycles. The number of ether oxygens (including phenoxy) is 2. The molecule has 0 saturated heterocycles. The van der Waals surface area contributed by atoms with Gasteiger partial charge in [-0.25, -0.2) is 0 Å². The van der Waals surface area contributed by atoms with Crippen LogP contribution in [0.2, 0.25) is 5.02 Å². The number of ketones is 1. The zero-order valence-corrected chi connectivity index (χ0v) is 15.1. The second kappa shape index (κ2) is 8.35. The maximum absolute atomic E-state index is 12.1. The first-order valence-corrected chi connectivity index (χ1v) is 7.88. The number of carbonyl (C=O) groups excluding carboxylic acids is 3. The Morgan fingerprint density at radius 2 is 1.46 bits per heavy atom. The standard InChI is InChI=1S/C18H17ClN2O5/c1-10(22)11-4-6-12(7-5-11)20-17(23)18(24)21-14-9-15(25-2)13(19)8-16(14)26-3/h4-9H,1-3H3,(H,20,23)(H,21,24). The molecule has 0 fully saturated rings. The summed E-state index contributed by atoms with van der Waals surface area (Å²) in [6, 6.07) is 9.11. The predicted octanol–water partition coefficient (Wildman–Crippen LogP) is 3.14. The van der Waals surface area contributed by atoms with E-state index >= 15 is 0 Å². The first kappa shape index (κ1) is 19.3. The number of Topliss-reactive ketones (excluding diaryl/α,β-unsaturated/α-hetero) is 1. The highest BCUT2D eigenvalue weighted by Crippen LogP contribution is 2.35. The van der Waals surface area contributed by atoms with Crippen LogP contribution in [-0.4, -0.2) is 31.8 Å². The second-order valence-corrected chi connectivity index (χ2v) is 5.64. The van der Waals surface area contributed by atoms with E-state index in [0.717, 1.165) is 0 Å². The van der Waals surface area contributed by atoms with Gasteiger partial charge in [0.15, 0.2) is 5.78 Å². The molecular formula is C18H17ClN2O5. The summed E-state index contributed by atoms with van der Waals surface area (Å²) in [5.74, 6) is -1.27. The molecule has 0 radical (unpaired) electrons. The number of carbonyl (C=O) groups is 3. The average molecular weight is 377 g/mol. The number of rotatable bonds is 5. The van der Waals surface area contributed by atoms with Crippen LogP contribution in [0.1, 0.15) is 17.3 Å². The van der Waals surface area contributed by atoms with Crippen molar-refractivity contribution in [2.75, 3.05) is 24.9 Å². The maximum Gasteiger partial charge on any atom is 0.314 e. The predicted molar refractivity (Wildman–Crippen MR) is 98.3 cm³/mol. The number of hydrogen-bond acceptors (Lipinski definition) is 5. The quantitative estimate of drug-likeness (QED) is 0.617. The molecule has 0 heterocycles. The molecule has 0 atom stereocenters. The average Bonchev–Trinajstić information content (AvgIpc) is 2.63. The minimum Gasteiger partial charge on any atom is -0.495 e. The van der Waals surface area contributed by atoms with Crippen LogP contribution in [0.15, 0.2) is 36.4 Å². The normalized spacial score (nSPS) is 10.0. The highest BCUT2D eigenvalue weighted by atomic mass is 35.5. The lowest BCUT2D eigenvalue weighted by molar-refractivity contribution is -0.133. The fourth-order valence-corrected chi connectivity index (χ4v) is 2.34. The molecule has 2 aromatic rings. The van der Waals surface area contributed by atoms with Crippen LogP contribution in [-0.2, 0) is 9.59 Å². The molecule has 26 heavy (non-hydrogen) atoms. The van der Waals surface area contributed by atoms with Gasteiger partial charge in [-0.15, -0.1) is 0 Å². The molecule has 2 rings (SSSR count). The number of anilines is 2. The third-order valence-electron chi connectivity index (χ3n) is 3.48. The first-order valence-electron chi connectivity index (χ1n) is 7.50. The van der Waals surface area contributed by atoms with Gasteiger partial charge in [0.05, 0.1) is 24.9 Å². The topological polar surface area (TPSA) is 93.7 Å². The molecule has 2 aromatic carbocycles. The zero-order chi connectivity index (χ0) is 19.3. The van der Waals surface area contributed by atoms with Crippen LogP contribution in [0.3, 0.4) is 0 Å². The summed E-state index contributed by atoms with van der Waals surface area (Å²) in [4.78, 5) is 35.5. The van der Waals surface area contributed by atoms with Gasteiger partial charge in [0.2, 0.25) is 0 Å². The van der Waals surface area contributed by atoms with Crippen molar-refractivity contribution >= 4 is 40.6 Å². The summed E-state index contributed by atoms with van der Waals surface area (Å²) in [5.41, 5.74) is 1.13. The summed E-state index contributed by atoms with van der Waals surface area (Å²) in [6.45, 7) is 1.44. The van der Waals surface area contributed by atoms with Crippen LogP contribution in [0, 0.1) is 0 Å². The van der Waals surface area contributed by atoms with Crippen molar-refractivity contribution in [3.05, 3.63) is 47.0 Å². The van der Waals surface area contributed by atoms with Gasteiger partial charge in [-0.2, -0.15) is 0 Å². The van der Waals surface area contributed by atoms with Gasteiger partial charge in [0.25, 0.3) is 0 Å². The smallest absolute Gasteiger partial charge is 0.314 e. The molecule has 0 aliphatic carbocycles. The van der Waals surface area contributed by atoms with Crippen molar-refractivity contribution < 1.29 is 23.9 Å². The Hall–Kier alpha value is -3.06. The van der Waals surface area contributed by atoms with Gasteiger partial charge in [-0.1, -0.05) is 11.6 Å². The van der Waals surface area contributed by atoms with E-state index in [4.69, 9.17) is 21.1 Å². The Balaban J connectivity index is 2.11. The third kappa shape index (κ3) is 4.52. The minimum absolute atomic E-state index is 0.0931. The lowest BCUT2D eigenvalue weighted by Gasteiger charge is -2.13. The second-order valence-electron chi connectivity index (χ2n) is 5.23. The number of halogens is 1. The summed E-state index contributed by atoms with van der Waals surface area (Å²) in [7, 11) is 2.83. The van der Waals surface area contributed by atoms with E-state index in [9.17, 15) is 14.4 Å². The number of hydrogen-bond donors (Lipinski definition) is 2. The van der Waals surface area contributed by atoms with Crippen molar-refractivity contribution in [2.24, 2.45) is 0 Å². The van der Waals surface area contributed by atoms with Crippen LogP contribution in [0.25, 0.3) is 0 Å². The van der Waals surface area contributed by atoms with E-state index in [-0.39, 0.29) is 17.2 Å². The molecule has 0 bridgehead atoms. The summed E-state index contributed by atoms with van der Waals surface area (Å²) < 4.78 is 10.2. The molecule has 0 aromatic heterocycles. The largest absolute Gasteiger partial charge is 0.495 e. The SMILES string of the molecule is COc1cc(NC(=O)C(=O)Nc2ccc(C(C)=O)cc2)c(OC)cc1Cl. The summed E-state index contributed by atoms with van der Waals surface area (Å²) in [5, 5.41) is 5.19. The maximum atomic E-state index is 12.1. The lowest BCUT2D eigenvalue weighted by atomic mass is 10.1. The van der Waals surface area contributed by atoms with Crippen molar-refractivity contribution in [1.29, 1.82) is 0 Å². The van der Waals surface area contributed by atoms with Gasteiger partial charge in [0, 0.05) is 23.4 Å². The molecule has 2 amide bonds. The van der Waals surface area contributed by atoms with Crippen molar-refractivity contribution in [1.82, 2.24) is 0 Å². The zero-order valence-electron chi connectivity index (χ0n) is 14.4. The molecule has 0 spiro atoms. The minimum atomic E-state index is -0.900. The molecule has 7 nitrogen and oxygen atoms in total. The van der Waals surface area contributed by atoms with Gasteiger partial charge in [0.1, 0.15) is 11.5 Å². The van der Waals surface area contributed by atoms with Crippen molar-refractivity contribution in [2.45, 2.75) is 6.92 Å². The number of methoxy groups -OCH3 is 2. The number of nitrogens with one attached hydrogen (secondary N) is 2. The summed E-state index contributed by atoms with van der Waals surface area (Å²) in [6.07, 6.45) is 0. The van der Waals surface area contributed by atoms with E-state index in [0.29, 0.717) is 22.0 Å². The monoisotopic (exact) mass is 376 g/mol. The molecule has 2 N–H and O–H groups in total. The molecule has 0 saturated carbocycles. The molecule has 136 valence electrons. The van der Waals surface area contributed by atoms with Crippen molar-refractivity contribution in [3.63, 3.8) is 0 Å². The highest BCUT2D eigenvalue weighted by molar-refractivity contribution is 6.44. The van der Waals surface area contributed by atoms with Crippen LogP contribution in [0.4, 0.5) is 11.4 Å². The lowest BCUT2D eigenvalue weighted by Crippen LogP contribution is -2.29. The molecular weight excluding hydrogens is 360 g/mol. The Labute approximate surface area is 155 Å². The Bertz CT molecular complexity index is 849. The Morgan fingerprint density at radius 1 is 0.885 bits per heavy atom. The first-order chi connectivity index (χ1) is 12.3. The fourth-order valence-electron chi connectivity index (χ4n) is 2.11. The number of benzene rings is 2. The van der Waals surface area contributed by atoms with Gasteiger partial charge in [-0.3, -0.25) is 14.4 Å². The Kier molecular flexibility index (Phi) is 6.19. The van der Waals surface area contributed by atoms with E-state index in [1.54, 1.807) is 12.1 Å². The van der Waals surface area contributed by atoms with E-state index < -0.39 is 11.8 Å². The van der Waals surface area contributed by atoms with Gasteiger partial charge < -0.3 is 20.1 Å². The van der Waals surface area contributed by atoms with Crippen LogP contribution < -0.4 is 20.1 Å². The highest BCUT2D eigenvalue weighted by Gasteiger charge is 2.18. The van der Waals surface area contributed by atoms with Crippen LogP contribution in [0.5, 0.6) is 11.5 Å². The van der Waals surface area contributed by atoms with Gasteiger partial charge >= 0.3 is 11.8 Å².